The van der Waals surface area contributed by atoms with Crippen LogP contribution in [0.15, 0.2) is 48.5 Å². The summed E-state index contributed by atoms with van der Waals surface area (Å²) in [6.07, 6.45) is 0.332. The summed E-state index contributed by atoms with van der Waals surface area (Å²) in [6, 6.07) is 13.8. The number of methoxy groups -OCH3 is 1. The molecule has 1 aliphatic rings. The Morgan fingerprint density at radius 2 is 1.68 bits per heavy atom. The number of carbonyl (C=O) groups is 2. The molecule has 1 atom stereocenters. The van der Waals surface area contributed by atoms with Crippen molar-refractivity contribution in [2.24, 2.45) is 0 Å². The second kappa shape index (κ2) is 8.00. The van der Waals surface area contributed by atoms with Gasteiger partial charge in [-0.05, 0) is 56.5 Å². The van der Waals surface area contributed by atoms with Gasteiger partial charge in [0.25, 0.3) is 5.91 Å². The smallest absolute Gasteiger partial charge is 0.421 e. The van der Waals surface area contributed by atoms with E-state index in [1.54, 1.807) is 69.3 Å². The lowest BCUT2D eigenvalue weighted by molar-refractivity contribution is -0.121. The predicted molar refractivity (Wildman–Crippen MR) is 118 cm³/mol. The maximum atomic E-state index is 13.9. The molecule has 1 aliphatic heterocycles. The van der Waals surface area contributed by atoms with E-state index in [0.29, 0.717) is 22.6 Å². The SMILES string of the molecule is COc1ccc(C2(CCS(C)(=O)=O)C(=O)N(C(=O)OC(C)(C)C)c3ccccc32)cc1. The first-order valence-electron chi connectivity index (χ1n) is 9.88. The quantitative estimate of drug-likeness (QED) is 0.697. The van der Waals surface area contributed by atoms with Gasteiger partial charge in [0.2, 0.25) is 0 Å². The van der Waals surface area contributed by atoms with Crippen LogP contribution in [-0.2, 0) is 24.8 Å². The van der Waals surface area contributed by atoms with Crippen molar-refractivity contribution in [2.75, 3.05) is 24.0 Å². The van der Waals surface area contributed by atoms with Gasteiger partial charge in [-0.1, -0.05) is 30.3 Å². The molecule has 0 bridgehead atoms. The largest absolute Gasteiger partial charge is 0.497 e. The number of sulfone groups is 1. The average molecular weight is 446 g/mol. The highest BCUT2D eigenvalue weighted by Gasteiger charge is 2.54. The fourth-order valence-electron chi connectivity index (χ4n) is 3.81. The van der Waals surface area contributed by atoms with Crippen molar-refractivity contribution in [3.8, 4) is 5.75 Å². The Kier molecular flexibility index (Phi) is 5.88. The summed E-state index contributed by atoms with van der Waals surface area (Å²) in [4.78, 5) is 27.9. The van der Waals surface area contributed by atoms with E-state index in [0.717, 1.165) is 11.2 Å². The molecule has 31 heavy (non-hydrogen) atoms. The van der Waals surface area contributed by atoms with Crippen LogP contribution >= 0.6 is 0 Å². The first kappa shape index (κ1) is 22.8. The molecule has 2 amide bonds. The molecule has 8 heteroatoms. The van der Waals surface area contributed by atoms with Crippen LogP contribution in [0.3, 0.4) is 0 Å². The lowest BCUT2D eigenvalue weighted by Crippen LogP contribution is -2.46. The number of rotatable bonds is 5. The molecule has 2 aromatic carbocycles. The van der Waals surface area contributed by atoms with Crippen LogP contribution in [0.2, 0.25) is 0 Å². The molecule has 0 aliphatic carbocycles. The minimum atomic E-state index is -3.37. The lowest BCUT2D eigenvalue weighted by atomic mass is 9.73. The van der Waals surface area contributed by atoms with Crippen LogP contribution in [0.5, 0.6) is 5.75 Å². The van der Waals surface area contributed by atoms with Gasteiger partial charge < -0.3 is 9.47 Å². The number of nitrogens with zero attached hydrogens (tertiary/aromatic N) is 1. The van der Waals surface area contributed by atoms with Gasteiger partial charge in [-0.3, -0.25) is 4.79 Å². The van der Waals surface area contributed by atoms with Gasteiger partial charge in [-0.15, -0.1) is 0 Å². The molecule has 3 rings (SSSR count). The van der Waals surface area contributed by atoms with E-state index < -0.39 is 32.9 Å². The number of fused-ring (bicyclic) bond motifs is 1. The van der Waals surface area contributed by atoms with Crippen LogP contribution in [-0.4, -0.2) is 45.1 Å². The first-order valence-corrected chi connectivity index (χ1v) is 11.9. The molecule has 0 aromatic heterocycles. The van der Waals surface area contributed by atoms with Crippen LogP contribution < -0.4 is 9.64 Å². The molecule has 2 aromatic rings. The summed E-state index contributed by atoms with van der Waals surface area (Å²) in [6.45, 7) is 5.16. The van der Waals surface area contributed by atoms with Crippen molar-refractivity contribution < 1.29 is 27.5 Å². The summed E-state index contributed by atoms with van der Waals surface area (Å²) in [7, 11) is -1.84. The number of hydrogen-bond acceptors (Lipinski definition) is 6. The minimum absolute atomic E-state index is 0.00664. The number of hydrogen-bond donors (Lipinski definition) is 0. The Balaban J connectivity index is 2.21. The molecular weight excluding hydrogens is 418 g/mol. The van der Waals surface area contributed by atoms with Crippen molar-refractivity contribution >= 4 is 27.5 Å². The molecule has 1 unspecified atom stereocenters. The predicted octanol–water partition coefficient (Wildman–Crippen LogP) is 3.70. The molecule has 0 saturated carbocycles. The van der Waals surface area contributed by atoms with E-state index in [2.05, 4.69) is 0 Å². The summed E-state index contributed by atoms with van der Waals surface area (Å²) in [5, 5.41) is 0. The minimum Gasteiger partial charge on any atom is -0.497 e. The number of carbonyl (C=O) groups excluding carboxylic acids is 2. The monoisotopic (exact) mass is 445 g/mol. The molecule has 0 spiro atoms. The van der Waals surface area contributed by atoms with Crippen molar-refractivity contribution in [3.63, 3.8) is 0 Å². The zero-order valence-electron chi connectivity index (χ0n) is 18.3. The van der Waals surface area contributed by atoms with Gasteiger partial charge in [0.15, 0.2) is 0 Å². The summed E-state index contributed by atoms with van der Waals surface area (Å²) < 4.78 is 34.8. The Labute approximate surface area is 182 Å². The fourth-order valence-corrected chi connectivity index (χ4v) is 4.49. The van der Waals surface area contributed by atoms with Crippen molar-refractivity contribution in [3.05, 3.63) is 59.7 Å². The molecule has 0 N–H and O–H groups in total. The zero-order valence-corrected chi connectivity index (χ0v) is 19.2. The highest BCUT2D eigenvalue weighted by Crippen LogP contribution is 2.49. The van der Waals surface area contributed by atoms with Gasteiger partial charge in [0, 0.05) is 6.26 Å². The summed E-state index contributed by atoms with van der Waals surface area (Å²) in [5.74, 6) is -0.150. The van der Waals surface area contributed by atoms with Gasteiger partial charge >= 0.3 is 6.09 Å². The van der Waals surface area contributed by atoms with Crippen LogP contribution in [0, 0.1) is 0 Å². The van der Waals surface area contributed by atoms with E-state index in [9.17, 15) is 18.0 Å². The third-order valence-corrected chi connectivity index (χ3v) is 6.13. The van der Waals surface area contributed by atoms with E-state index in [1.807, 2.05) is 0 Å². The molecule has 0 radical (unpaired) electrons. The first-order chi connectivity index (χ1) is 14.4. The molecule has 0 saturated heterocycles. The van der Waals surface area contributed by atoms with Crippen molar-refractivity contribution in [2.45, 2.75) is 38.2 Å². The average Bonchev–Trinajstić information content (AvgIpc) is 2.93. The summed E-state index contributed by atoms with van der Waals surface area (Å²) >= 11 is 0. The van der Waals surface area contributed by atoms with E-state index in [-0.39, 0.29) is 12.2 Å². The van der Waals surface area contributed by atoms with Crippen LogP contribution in [0.25, 0.3) is 0 Å². The van der Waals surface area contributed by atoms with Gasteiger partial charge in [0.05, 0.1) is 18.6 Å². The second-order valence-corrected chi connectivity index (χ2v) is 10.9. The Morgan fingerprint density at radius 1 is 1.06 bits per heavy atom. The third kappa shape index (κ3) is 4.44. The zero-order chi connectivity index (χ0) is 23.0. The lowest BCUT2D eigenvalue weighted by Gasteiger charge is -2.30. The van der Waals surface area contributed by atoms with E-state index >= 15 is 0 Å². The number of amides is 2. The molecule has 1 heterocycles. The maximum absolute atomic E-state index is 13.9. The van der Waals surface area contributed by atoms with Gasteiger partial charge in [-0.2, -0.15) is 0 Å². The maximum Gasteiger partial charge on any atom is 0.421 e. The van der Waals surface area contributed by atoms with Gasteiger partial charge in [-0.25, -0.2) is 18.1 Å². The fraction of sp³-hybridized carbons (Fsp3) is 0.391. The Morgan fingerprint density at radius 3 is 2.23 bits per heavy atom. The molecule has 0 fully saturated rings. The number of ether oxygens (including phenoxy) is 2. The second-order valence-electron chi connectivity index (χ2n) is 8.65. The Hall–Kier alpha value is -2.87. The number of anilines is 1. The molecular formula is C23H27NO6S. The van der Waals surface area contributed by atoms with E-state index in [1.165, 1.54) is 7.11 Å². The number of benzene rings is 2. The Bertz CT molecular complexity index is 1100. The topological polar surface area (TPSA) is 90.0 Å². The molecule has 7 nitrogen and oxygen atoms in total. The van der Waals surface area contributed by atoms with Crippen LogP contribution in [0.4, 0.5) is 10.5 Å². The van der Waals surface area contributed by atoms with Crippen molar-refractivity contribution in [1.29, 1.82) is 0 Å². The van der Waals surface area contributed by atoms with Gasteiger partial charge in [0.1, 0.15) is 26.6 Å². The molecule has 166 valence electrons. The number of para-hydroxylation sites is 1. The van der Waals surface area contributed by atoms with Crippen LogP contribution in [0.1, 0.15) is 38.3 Å². The highest BCUT2D eigenvalue weighted by atomic mass is 32.2. The van der Waals surface area contributed by atoms with E-state index in [4.69, 9.17) is 9.47 Å². The highest BCUT2D eigenvalue weighted by molar-refractivity contribution is 7.90. The summed E-state index contributed by atoms with van der Waals surface area (Å²) in [5.41, 5.74) is -0.598. The normalized spacial score (nSPS) is 18.6. The number of imide groups is 1. The standard InChI is InChI=1S/C23H27NO6S/c1-22(2,3)30-21(26)24-19-9-7-6-8-18(19)23(20(24)25,14-15-31(5,27)28)16-10-12-17(29-4)13-11-16/h6-13H,14-15H2,1-5H3. The van der Waals surface area contributed by atoms with Crippen molar-refractivity contribution in [1.82, 2.24) is 0 Å². The third-order valence-electron chi connectivity index (χ3n) is 5.18.